The molecule has 4 aliphatic rings. The van der Waals surface area contributed by atoms with Gasteiger partial charge in [-0.15, -0.1) is 0 Å². The number of ether oxygens (including phenoxy) is 4. The third kappa shape index (κ3) is 8.20. The maximum absolute atomic E-state index is 14.0. The lowest BCUT2D eigenvalue weighted by atomic mass is 10.1. The van der Waals surface area contributed by atoms with Crippen LogP contribution < -0.4 is 28.7 Å². The number of para-hydroxylation sites is 2. The Kier molecular flexibility index (Phi) is 11.3. The van der Waals surface area contributed by atoms with E-state index in [9.17, 15) is 9.59 Å². The Morgan fingerprint density at radius 2 is 1.28 bits per heavy atom. The number of pyridine rings is 1. The van der Waals surface area contributed by atoms with Gasteiger partial charge in [0, 0.05) is 65.7 Å². The highest BCUT2D eigenvalue weighted by Crippen LogP contribution is 2.42. The minimum absolute atomic E-state index is 0.0701. The molecule has 61 heavy (non-hydrogen) atoms. The van der Waals surface area contributed by atoms with Crippen LogP contribution in [0.15, 0.2) is 94.9 Å². The summed E-state index contributed by atoms with van der Waals surface area (Å²) in [5.74, 6) is 1.92. The van der Waals surface area contributed by atoms with Gasteiger partial charge >= 0.3 is 0 Å². The molecule has 0 fully saturated rings. The van der Waals surface area contributed by atoms with E-state index < -0.39 is 0 Å². The van der Waals surface area contributed by atoms with Gasteiger partial charge in [0.15, 0.2) is 11.5 Å². The molecule has 2 atom stereocenters. The fourth-order valence-corrected chi connectivity index (χ4v) is 10.8. The largest absolute Gasteiger partial charge is 0.493 e. The Morgan fingerprint density at radius 3 is 1.87 bits per heavy atom. The quantitative estimate of drug-likeness (QED) is 0.0795. The van der Waals surface area contributed by atoms with Crippen molar-refractivity contribution in [2.24, 2.45) is 9.98 Å². The van der Waals surface area contributed by atoms with E-state index in [1.165, 1.54) is 0 Å². The minimum atomic E-state index is -0.170. The van der Waals surface area contributed by atoms with Crippen LogP contribution in [0, 0.1) is 6.92 Å². The van der Waals surface area contributed by atoms with Gasteiger partial charge in [0.2, 0.25) is 0 Å². The molecule has 0 saturated heterocycles. The van der Waals surface area contributed by atoms with E-state index in [-0.39, 0.29) is 41.9 Å². The van der Waals surface area contributed by atoms with Gasteiger partial charge < -0.3 is 18.9 Å². The highest BCUT2D eigenvalue weighted by molar-refractivity contribution is 8.76. The number of hydrogen-bond donors (Lipinski definition) is 0. The zero-order valence-corrected chi connectivity index (χ0v) is 36.5. The molecule has 0 bridgehead atoms. The van der Waals surface area contributed by atoms with Crippen LogP contribution in [0.5, 0.6) is 23.0 Å². The molecular weight excluding hydrogens is 807 g/mol. The van der Waals surface area contributed by atoms with Gasteiger partial charge in [-0.05, 0) is 80.8 Å². The summed E-state index contributed by atoms with van der Waals surface area (Å²) in [7, 11) is 5.20. The number of nitrogens with zero attached hydrogens (tertiary/aromatic N) is 5. The number of carbonyl (C=O) groups is 2. The van der Waals surface area contributed by atoms with Crippen molar-refractivity contribution in [1.29, 1.82) is 0 Å². The van der Waals surface area contributed by atoms with Crippen molar-refractivity contribution in [2.75, 3.05) is 29.8 Å². The van der Waals surface area contributed by atoms with Crippen LogP contribution in [-0.2, 0) is 26.1 Å². The molecule has 0 spiro atoms. The molecule has 1 unspecified atom stereocenters. The predicted octanol–water partition coefficient (Wildman–Crippen LogP) is 10.1. The van der Waals surface area contributed by atoms with Crippen LogP contribution in [0.1, 0.15) is 75.5 Å². The molecule has 11 nitrogen and oxygen atoms in total. The van der Waals surface area contributed by atoms with Gasteiger partial charge in [-0.3, -0.25) is 34.4 Å². The standard InChI is InChI=1S/C48H47N5O6S2/c1-29-17-37-39(49-25-34-18-30-11-6-8-13-41(30)52(34)46(37)54)23-43(29)58-27-32-20-36(57-16-10-15-48(2,3)61-60-5)21-33(51-32)28-59-45-24-40-38(22-44(45)56-4)47(55)53-35(26-50-40)19-31-12-7-9-14-42(31)53/h6-9,11-14,17,20-26,34-35H,10,15-16,18-19,27-28H2,1-5H3/t34?,35-/m0/s1. The smallest absolute Gasteiger partial charge is 0.261 e. The minimum Gasteiger partial charge on any atom is -0.493 e. The number of benzene rings is 4. The summed E-state index contributed by atoms with van der Waals surface area (Å²) in [5, 5.41) is 0. The first kappa shape index (κ1) is 40.6. The summed E-state index contributed by atoms with van der Waals surface area (Å²) in [5.41, 5.74) is 8.26. The molecule has 4 aromatic carbocycles. The molecule has 9 rings (SSSR count). The summed E-state index contributed by atoms with van der Waals surface area (Å²) in [6.07, 6.45) is 9.12. The molecule has 1 aromatic heterocycles. The molecule has 13 heteroatoms. The Balaban J connectivity index is 0.947. The molecule has 0 N–H and O–H groups in total. The molecule has 0 aliphatic carbocycles. The lowest BCUT2D eigenvalue weighted by Crippen LogP contribution is -2.37. The van der Waals surface area contributed by atoms with Gasteiger partial charge in [0.25, 0.3) is 11.8 Å². The Labute approximate surface area is 364 Å². The number of aryl methyl sites for hydroxylation is 1. The zero-order valence-electron chi connectivity index (χ0n) is 34.8. The fraction of sp³-hybridized carbons (Fsp3) is 0.312. The first-order valence-electron chi connectivity index (χ1n) is 20.5. The van der Waals surface area contributed by atoms with Gasteiger partial charge in [-0.1, -0.05) is 58.0 Å². The maximum atomic E-state index is 14.0. The third-order valence-corrected chi connectivity index (χ3v) is 14.1. The van der Waals surface area contributed by atoms with Crippen LogP contribution in [-0.4, -0.2) is 66.0 Å². The van der Waals surface area contributed by atoms with E-state index in [0.29, 0.717) is 69.9 Å². The molecular formula is C48H47N5O6S2. The lowest BCUT2D eigenvalue weighted by Gasteiger charge is -2.22. The molecule has 5 heterocycles. The van der Waals surface area contributed by atoms with Crippen molar-refractivity contribution in [3.63, 3.8) is 0 Å². The number of carbonyl (C=O) groups excluding carboxylic acids is 2. The second-order valence-corrected chi connectivity index (χ2v) is 19.3. The fourth-order valence-electron chi connectivity index (χ4n) is 8.50. The molecule has 4 aliphatic heterocycles. The maximum Gasteiger partial charge on any atom is 0.261 e. The number of aliphatic imine (C=N–C) groups is 2. The van der Waals surface area contributed by atoms with Crippen LogP contribution >= 0.6 is 21.6 Å². The van der Waals surface area contributed by atoms with Crippen LogP contribution in [0.25, 0.3) is 0 Å². The zero-order chi connectivity index (χ0) is 42.3. The number of rotatable bonds is 14. The highest BCUT2D eigenvalue weighted by atomic mass is 33.1. The van der Waals surface area contributed by atoms with E-state index in [1.807, 2.05) is 101 Å². The number of aromatic nitrogens is 1. The number of hydrogen-bond acceptors (Lipinski definition) is 11. The van der Waals surface area contributed by atoms with Gasteiger partial charge in [0.1, 0.15) is 24.7 Å². The second kappa shape index (κ2) is 16.9. The average Bonchev–Trinajstić information content (AvgIpc) is 3.75. The SMILES string of the molecule is COc1cc2c(cc1OCc1cc(OCCCC(C)(C)SSC)cc(COc3cc4c(cc3C)C(=O)N3c5ccccc5CC3C=N4)n1)N=C[C@@H]1Cc3ccccc3N1C2=O. The number of methoxy groups -OCH3 is 1. The van der Waals surface area contributed by atoms with Crippen molar-refractivity contribution in [2.45, 2.75) is 76.5 Å². The topological polar surface area (TPSA) is 115 Å². The van der Waals surface area contributed by atoms with E-state index in [0.717, 1.165) is 47.3 Å². The van der Waals surface area contributed by atoms with Crippen molar-refractivity contribution in [1.82, 2.24) is 4.98 Å². The number of fused-ring (bicyclic) bond motifs is 8. The summed E-state index contributed by atoms with van der Waals surface area (Å²) in [6.45, 7) is 7.20. The third-order valence-electron chi connectivity index (χ3n) is 11.4. The highest BCUT2D eigenvalue weighted by Gasteiger charge is 2.38. The summed E-state index contributed by atoms with van der Waals surface area (Å²) in [4.78, 5) is 46.0. The summed E-state index contributed by atoms with van der Waals surface area (Å²) >= 11 is 0. The van der Waals surface area contributed by atoms with Crippen LogP contribution in [0.2, 0.25) is 0 Å². The van der Waals surface area contributed by atoms with Gasteiger partial charge in [-0.25, -0.2) is 0 Å². The number of amides is 2. The lowest BCUT2D eigenvalue weighted by molar-refractivity contribution is 0.0979. The normalized spacial score (nSPS) is 17.1. The van der Waals surface area contributed by atoms with Crippen LogP contribution in [0.3, 0.4) is 0 Å². The van der Waals surface area contributed by atoms with Crippen molar-refractivity contribution in [3.05, 3.63) is 124 Å². The van der Waals surface area contributed by atoms with Gasteiger partial charge in [0.05, 0.1) is 59.7 Å². The Bertz CT molecular complexity index is 2590. The van der Waals surface area contributed by atoms with E-state index >= 15 is 0 Å². The van der Waals surface area contributed by atoms with E-state index in [4.69, 9.17) is 33.9 Å². The summed E-state index contributed by atoms with van der Waals surface area (Å²) in [6, 6.07) is 26.6. The predicted molar refractivity (Wildman–Crippen MR) is 245 cm³/mol. The van der Waals surface area contributed by atoms with Crippen molar-refractivity contribution < 1.29 is 28.5 Å². The second-order valence-electron chi connectivity index (χ2n) is 16.2. The summed E-state index contributed by atoms with van der Waals surface area (Å²) < 4.78 is 25.1. The number of anilines is 2. The Hall–Kier alpha value is -5.79. The molecule has 5 aromatic rings. The first-order valence-corrected chi connectivity index (χ1v) is 23.0. The monoisotopic (exact) mass is 853 g/mol. The molecule has 0 radical (unpaired) electrons. The average molecular weight is 854 g/mol. The van der Waals surface area contributed by atoms with Crippen molar-refractivity contribution >= 4 is 68.6 Å². The van der Waals surface area contributed by atoms with E-state index in [1.54, 1.807) is 30.0 Å². The molecule has 2 amide bonds. The van der Waals surface area contributed by atoms with E-state index in [2.05, 4.69) is 32.2 Å². The first-order chi connectivity index (χ1) is 29.6. The van der Waals surface area contributed by atoms with Gasteiger partial charge in [-0.2, -0.15) is 0 Å². The molecule has 0 saturated carbocycles. The molecule has 312 valence electrons. The van der Waals surface area contributed by atoms with Crippen LogP contribution in [0.4, 0.5) is 22.7 Å². The Morgan fingerprint density at radius 1 is 0.721 bits per heavy atom. The van der Waals surface area contributed by atoms with Crippen molar-refractivity contribution in [3.8, 4) is 23.0 Å².